The van der Waals surface area contributed by atoms with Gasteiger partial charge in [-0.25, -0.2) is 0 Å². The molecule has 0 heterocycles. The lowest BCUT2D eigenvalue weighted by atomic mass is 9.96. The largest absolute Gasteiger partial charge is 0.468 e. The molecule has 12 heavy (non-hydrogen) atoms. The Morgan fingerprint density at radius 1 is 1.33 bits per heavy atom. The molecule has 0 bridgehead atoms. The van der Waals surface area contributed by atoms with E-state index >= 15 is 0 Å². The summed E-state index contributed by atoms with van der Waals surface area (Å²) in [6.45, 7) is 5.55. The maximum absolute atomic E-state index is 9.82. The fourth-order valence-electron chi connectivity index (χ4n) is 1.46. The Hall–Kier alpha value is -0.530. The highest BCUT2D eigenvalue weighted by molar-refractivity contribution is 5.36. The first-order chi connectivity index (χ1) is 5.85. The Labute approximate surface area is 75.3 Å². The van der Waals surface area contributed by atoms with E-state index in [-0.39, 0.29) is 0 Å². The average Bonchev–Trinajstić information content (AvgIpc) is 2.10. The van der Waals surface area contributed by atoms with Crippen molar-refractivity contribution in [2.45, 2.75) is 46.0 Å². The van der Waals surface area contributed by atoms with E-state index < -0.39 is 0 Å². The van der Waals surface area contributed by atoms with Gasteiger partial charge in [0.1, 0.15) is 0 Å². The molecule has 0 fully saturated rings. The molecule has 0 saturated carbocycles. The molecule has 0 saturated heterocycles. The van der Waals surface area contributed by atoms with E-state index in [0.29, 0.717) is 13.1 Å². The van der Waals surface area contributed by atoms with Crippen LogP contribution in [-0.2, 0) is 9.53 Å². The molecule has 0 aromatic carbocycles. The van der Waals surface area contributed by atoms with Gasteiger partial charge in [0, 0.05) is 0 Å². The third-order valence-electron chi connectivity index (χ3n) is 2.22. The Bertz CT molecular complexity index is 102. The molecule has 0 aromatic rings. The van der Waals surface area contributed by atoms with Crippen LogP contribution in [0.2, 0.25) is 0 Å². The lowest BCUT2D eigenvalue weighted by Crippen LogP contribution is -2.01. The van der Waals surface area contributed by atoms with Crippen LogP contribution in [0.4, 0.5) is 0 Å². The SMILES string of the molecule is CCCC(CC)CCCOC=O. The van der Waals surface area contributed by atoms with Crippen LogP contribution < -0.4 is 0 Å². The zero-order valence-electron chi connectivity index (χ0n) is 8.21. The van der Waals surface area contributed by atoms with Crippen molar-refractivity contribution in [3.05, 3.63) is 0 Å². The quantitative estimate of drug-likeness (QED) is 0.415. The van der Waals surface area contributed by atoms with Gasteiger partial charge in [0.05, 0.1) is 6.61 Å². The molecule has 72 valence electrons. The molecule has 0 aromatic heterocycles. The zero-order valence-corrected chi connectivity index (χ0v) is 8.21. The highest BCUT2D eigenvalue weighted by Gasteiger charge is 2.03. The van der Waals surface area contributed by atoms with Crippen molar-refractivity contribution >= 4 is 6.47 Å². The topological polar surface area (TPSA) is 26.3 Å². The Balaban J connectivity index is 3.24. The zero-order chi connectivity index (χ0) is 9.23. The molecule has 0 N–H and O–H groups in total. The predicted molar refractivity (Wildman–Crippen MR) is 49.9 cm³/mol. The van der Waals surface area contributed by atoms with Crippen molar-refractivity contribution in [2.75, 3.05) is 6.61 Å². The first-order valence-electron chi connectivity index (χ1n) is 4.90. The minimum Gasteiger partial charge on any atom is -0.468 e. The molecule has 0 amide bonds. The smallest absolute Gasteiger partial charge is 0.293 e. The molecule has 0 aliphatic carbocycles. The van der Waals surface area contributed by atoms with Gasteiger partial charge in [-0.1, -0.05) is 33.1 Å². The Morgan fingerprint density at radius 3 is 2.58 bits per heavy atom. The van der Waals surface area contributed by atoms with Gasteiger partial charge in [0.15, 0.2) is 0 Å². The van der Waals surface area contributed by atoms with Crippen molar-refractivity contribution in [1.82, 2.24) is 0 Å². The fourth-order valence-corrected chi connectivity index (χ4v) is 1.46. The third-order valence-corrected chi connectivity index (χ3v) is 2.22. The standard InChI is InChI=1S/C10H20O2/c1-3-6-10(4-2)7-5-8-12-9-11/h9-10H,3-8H2,1-2H3. The molecule has 1 atom stereocenters. The molecule has 0 aliphatic heterocycles. The van der Waals surface area contributed by atoms with Gasteiger partial charge >= 0.3 is 0 Å². The van der Waals surface area contributed by atoms with Gasteiger partial charge in [-0.3, -0.25) is 4.79 Å². The minimum absolute atomic E-state index is 0.529. The molecule has 0 spiro atoms. The monoisotopic (exact) mass is 172 g/mol. The van der Waals surface area contributed by atoms with Gasteiger partial charge < -0.3 is 4.74 Å². The van der Waals surface area contributed by atoms with Crippen LogP contribution in [0, 0.1) is 5.92 Å². The number of carbonyl (C=O) groups excluding carboxylic acids is 1. The molecule has 0 radical (unpaired) electrons. The summed E-state index contributed by atoms with van der Waals surface area (Å²) in [5.41, 5.74) is 0. The van der Waals surface area contributed by atoms with Gasteiger partial charge in [-0.2, -0.15) is 0 Å². The van der Waals surface area contributed by atoms with Gasteiger partial charge in [-0.15, -0.1) is 0 Å². The van der Waals surface area contributed by atoms with Crippen LogP contribution in [0.15, 0.2) is 0 Å². The summed E-state index contributed by atoms with van der Waals surface area (Å²) >= 11 is 0. The molecule has 2 heteroatoms. The summed E-state index contributed by atoms with van der Waals surface area (Å²) in [4.78, 5) is 9.82. The summed E-state index contributed by atoms with van der Waals surface area (Å²) in [6, 6.07) is 0. The van der Waals surface area contributed by atoms with E-state index in [0.717, 1.165) is 12.3 Å². The van der Waals surface area contributed by atoms with Crippen LogP contribution >= 0.6 is 0 Å². The third kappa shape index (κ3) is 6.20. The Morgan fingerprint density at radius 2 is 2.08 bits per heavy atom. The van der Waals surface area contributed by atoms with E-state index in [9.17, 15) is 4.79 Å². The summed E-state index contributed by atoms with van der Waals surface area (Å²) in [6.07, 6.45) is 6.01. The fraction of sp³-hybridized carbons (Fsp3) is 0.900. The molecule has 2 nitrogen and oxygen atoms in total. The minimum atomic E-state index is 0.529. The van der Waals surface area contributed by atoms with Crippen molar-refractivity contribution in [3.63, 3.8) is 0 Å². The van der Waals surface area contributed by atoms with E-state index in [2.05, 4.69) is 18.6 Å². The van der Waals surface area contributed by atoms with E-state index in [1.807, 2.05) is 0 Å². The second-order valence-electron chi connectivity index (χ2n) is 3.17. The summed E-state index contributed by atoms with van der Waals surface area (Å²) < 4.78 is 4.63. The van der Waals surface area contributed by atoms with Gasteiger partial charge in [0.25, 0.3) is 6.47 Å². The second kappa shape index (κ2) is 8.57. The number of hydrogen-bond acceptors (Lipinski definition) is 2. The Kier molecular flexibility index (Phi) is 8.19. The van der Waals surface area contributed by atoms with Crippen LogP contribution in [0.3, 0.4) is 0 Å². The van der Waals surface area contributed by atoms with Crippen LogP contribution in [0.5, 0.6) is 0 Å². The normalized spacial score (nSPS) is 12.5. The van der Waals surface area contributed by atoms with E-state index in [1.54, 1.807) is 0 Å². The first kappa shape index (κ1) is 11.5. The lowest BCUT2D eigenvalue weighted by Gasteiger charge is -2.12. The predicted octanol–water partition coefficient (Wildman–Crippen LogP) is 2.77. The van der Waals surface area contributed by atoms with E-state index in [4.69, 9.17) is 0 Å². The van der Waals surface area contributed by atoms with Gasteiger partial charge in [0.2, 0.25) is 0 Å². The van der Waals surface area contributed by atoms with Crippen molar-refractivity contribution in [3.8, 4) is 0 Å². The first-order valence-corrected chi connectivity index (χ1v) is 4.90. The van der Waals surface area contributed by atoms with Crippen LogP contribution in [0.25, 0.3) is 0 Å². The van der Waals surface area contributed by atoms with Crippen LogP contribution in [-0.4, -0.2) is 13.1 Å². The summed E-state index contributed by atoms with van der Waals surface area (Å²) in [7, 11) is 0. The highest BCUT2D eigenvalue weighted by Crippen LogP contribution is 2.16. The number of carbonyl (C=O) groups is 1. The maximum atomic E-state index is 9.82. The van der Waals surface area contributed by atoms with Crippen LogP contribution in [0.1, 0.15) is 46.0 Å². The molecular weight excluding hydrogens is 152 g/mol. The molecular formula is C10H20O2. The number of ether oxygens (including phenoxy) is 1. The number of rotatable bonds is 8. The maximum Gasteiger partial charge on any atom is 0.293 e. The average molecular weight is 172 g/mol. The summed E-state index contributed by atoms with van der Waals surface area (Å²) in [5.74, 6) is 0.824. The molecule has 1 unspecified atom stereocenters. The highest BCUT2D eigenvalue weighted by atomic mass is 16.5. The van der Waals surface area contributed by atoms with Crippen molar-refractivity contribution < 1.29 is 9.53 Å². The number of hydrogen-bond donors (Lipinski definition) is 0. The van der Waals surface area contributed by atoms with Crippen molar-refractivity contribution in [2.24, 2.45) is 5.92 Å². The summed E-state index contributed by atoms with van der Waals surface area (Å²) in [5, 5.41) is 0. The van der Waals surface area contributed by atoms with Gasteiger partial charge in [-0.05, 0) is 18.8 Å². The lowest BCUT2D eigenvalue weighted by molar-refractivity contribution is -0.128. The van der Waals surface area contributed by atoms with E-state index in [1.165, 1.54) is 25.7 Å². The van der Waals surface area contributed by atoms with Crippen molar-refractivity contribution in [1.29, 1.82) is 0 Å². The molecule has 0 aliphatic rings. The molecule has 0 rings (SSSR count). The second-order valence-corrected chi connectivity index (χ2v) is 3.17.